The average molecular weight is 172 g/mol. The molecule has 0 nitrogen and oxygen atoms in total. The van der Waals surface area contributed by atoms with Gasteiger partial charge >= 0.3 is 0 Å². The third-order valence-corrected chi connectivity index (χ3v) is 6.62. The summed E-state index contributed by atoms with van der Waals surface area (Å²) in [4.78, 5) is 0. The van der Waals surface area contributed by atoms with E-state index in [1.807, 2.05) is 0 Å². The van der Waals surface area contributed by atoms with Gasteiger partial charge in [0.15, 0.2) is 0 Å². The summed E-state index contributed by atoms with van der Waals surface area (Å²) in [5.74, 6) is 0. The lowest BCUT2D eigenvalue weighted by atomic mass is 10.2. The first-order chi connectivity index (χ1) is 5.28. The van der Waals surface area contributed by atoms with E-state index in [1.165, 1.54) is 25.7 Å². The molecule has 0 heterocycles. The van der Waals surface area contributed by atoms with Crippen molar-refractivity contribution in [3.63, 3.8) is 0 Å². The lowest BCUT2D eigenvalue weighted by Gasteiger charge is -2.17. The summed E-state index contributed by atoms with van der Waals surface area (Å²) in [6, 6.07) is 0. The molecule has 0 unspecified atom stereocenters. The summed E-state index contributed by atoms with van der Waals surface area (Å²) >= 11 is 0. The standard InChI is InChI=1S/C10H24Si/c1-5-9(6-2)11-10(7-3)8-4/h9-10H,5-8,11H2,1-4H3. The molecule has 0 saturated carbocycles. The molecule has 1 heteroatoms. The minimum absolute atomic E-state index is 0.239. The number of hydrogen-bond donors (Lipinski definition) is 0. The van der Waals surface area contributed by atoms with Crippen molar-refractivity contribution in [2.24, 2.45) is 0 Å². The van der Waals surface area contributed by atoms with E-state index in [-0.39, 0.29) is 9.52 Å². The monoisotopic (exact) mass is 172 g/mol. The molecule has 0 aromatic rings. The predicted molar refractivity (Wildman–Crippen MR) is 57.2 cm³/mol. The highest BCUT2D eigenvalue weighted by molar-refractivity contribution is 6.39. The van der Waals surface area contributed by atoms with Crippen LogP contribution in [-0.2, 0) is 0 Å². The molecular formula is C10H24Si. The van der Waals surface area contributed by atoms with Crippen LogP contribution in [0, 0.1) is 0 Å². The molecule has 0 amide bonds. The fourth-order valence-electron chi connectivity index (χ4n) is 1.72. The molecule has 11 heavy (non-hydrogen) atoms. The lowest BCUT2D eigenvalue weighted by Crippen LogP contribution is -2.08. The molecule has 0 atom stereocenters. The van der Waals surface area contributed by atoms with Gasteiger partial charge in [-0.3, -0.25) is 0 Å². The molecule has 0 N–H and O–H groups in total. The molecule has 0 radical (unpaired) electrons. The van der Waals surface area contributed by atoms with Crippen molar-refractivity contribution < 1.29 is 0 Å². The summed E-state index contributed by atoms with van der Waals surface area (Å²) in [6.45, 7) is 9.40. The van der Waals surface area contributed by atoms with Gasteiger partial charge in [-0.2, -0.15) is 0 Å². The van der Waals surface area contributed by atoms with E-state index in [2.05, 4.69) is 27.7 Å². The molecule has 0 bridgehead atoms. The average Bonchev–Trinajstić information content (AvgIpc) is 2.07. The van der Waals surface area contributed by atoms with Gasteiger partial charge in [-0.15, -0.1) is 0 Å². The van der Waals surface area contributed by atoms with Crippen molar-refractivity contribution in [1.82, 2.24) is 0 Å². The van der Waals surface area contributed by atoms with Crippen LogP contribution in [0.3, 0.4) is 0 Å². The molecule has 0 aromatic heterocycles. The fourth-order valence-corrected chi connectivity index (χ4v) is 3.99. The minimum atomic E-state index is 0.239. The molecule has 68 valence electrons. The highest BCUT2D eigenvalue weighted by Gasteiger charge is 2.10. The lowest BCUT2D eigenvalue weighted by molar-refractivity contribution is 0.699. The van der Waals surface area contributed by atoms with Gasteiger partial charge in [0.05, 0.1) is 0 Å². The largest absolute Gasteiger partial charge is 0.0654 e. The van der Waals surface area contributed by atoms with Crippen molar-refractivity contribution in [2.75, 3.05) is 0 Å². The molecule has 0 fully saturated rings. The summed E-state index contributed by atoms with van der Waals surface area (Å²) in [5, 5.41) is 0. The van der Waals surface area contributed by atoms with E-state index in [1.54, 1.807) is 0 Å². The molecule has 0 aliphatic heterocycles. The number of rotatable bonds is 6. The van der Waals surface area contributed by atoms with Gasteiger partial charge in [-0.05, 0) is 0 Å². The third-order valence-electron chi connectivity index (χ3n) is 2.98. The van der Waals surface area contributed by atoms with Crippen molar-refractivity contribution in [1.29, 1.82) is 0 Å². The van der Waals surface area contributed by atoms with E-state index in [9.17, 15) is 0 Å². The first kappa shape index (κ1) is 11.2. The van der Waals surface area contributed by atoms with Crippen molar-refractivity contribution in [3.05, 3.63) is 0 Å². The zero-order valence-electron chi connectivity index (χ0n) is 8.69. The second kappa shape index (κ2) is 6.90. The van der Waals surface area contributed by atoms with Gasteiger partial charge in [0.1, 0.15) is 0 Å². The zero-order chi connectivity index (χ0) is 8.69. The molecule has 0 saturated heterocycles. The molecule has 0 spiro atoms. The van der Waals surface area contributed by atoms with Crippen LogP contribution in [-0.4, -0.2) is 9.52 Å². The van der Waals surface area contributed by atoms with Gasteiger partial charge in [-0.25, -0.2) is 0 Å². The van der Waals surface area contributed by atoms with E-state index in [0.717, 1.165) is 11.1 Å². The van der Waals surface area contributed by atoms with E-state index in [0.29, 0.717) is 0 Å². The third kappa shape index (κ3) is 4.62. The second-order valence-corrected chi connectivity index (χ2v) is 6.38. The quantitative estimate of drug-likeness (QED) is 0.539. The maximum absolute atomic E-state index is 2.35. The van der Waals surface area contributed by atoms with Crippen LogP contribution in [0.5, 0.6) is 0 Å². The van der Waals surface area contributed by atoms with Crippen molar-refractivity contribution in [2.45, 2.75) is 64.5 Å². The van der Waals surface area contributed by atoms with Crippen LogP contribution >= 0.6 is 0 Å². The summed E-state index contributed by atoms with van der Waals surface area (Å²) in [6.07, 6.45) is 5.72. The molecule has 0 aliphatic carbocycles. The SMILES string of the molecule is CCC(CC)[SiH2]C(CC)CC. The normalized spacial score (nSPS) is 11.5. The van der Waals surface area contributed by atoms with Crippen LogP contribution in [0.15, 0.2) is 0 Å². The Bertz CT molecular complexity index is 62.9. The Morgan fingerprint density at radius 2 is 1.00 bits per heavy atom. The fraction of sp³-hybridized carbons (Fsp3) is 1.00. The second-order valence-electron chi connectivity index (χ2n) is 3.60. The van der Waals surface area contributed by atoms with Crippen LogP contribution in [0.2, 0.25) is 11.1 Å². The smallest absolute Gasteiger partial charge is 0.0264 e. The maximum atomic E-state index is 2.35. The highest BCUT2D eigenvalue weighted by atomic mass is 28.2. The van der Waals surface area contributed by atoms with E-state index < -0.39 is 0 Å². The molecule has 0 aromatic carbocycles. The Morgan fingerprint density at radius 3 is 1.18 bits per heavy atom. The maximum Gasteiger partial charge on any atom is 0.0264 e. The minimum Gasteiger partial charge on any atom is -0.0654 e. The predicted octanol–water partition coefficient (Wildman–Crippen LogP) is 3.37. The first-order valence-corrected chi connectivity index (χ1v) is 6.91. The Labute approximate surface area is 74.6 Å². The first-order valence-electron chi connectivity index (χ1n) is 5.28. The Balaban J connectivity index is 3.58. The van der Waals surface area contributed by atoms with Gasteiger partial charge in [0.2, 0.25) is 0 Å². The summed E-state index contributed by atoms with van der Waals surface area (Å²) in [7, 11) is 0.239. The van der Waals surface area contributed by atoms with E-state index in [4.69, 9.17) is 0 Å². The van der Waals surface area contributed by atoms with Gasteiger partial charge < -0.3 is 0 Å². The van der Waals surface area contributed by atoms with Crippen LogP contribution in [0.25, 0.3) is 0 Å². The Hall–Kier alpha value is 0.217. The van der Waals surface area contributed by atoms with Gasteiger partial charge in [-0.1, -0.05) is 64.5 Å². The molecule has 0 aliphatic rings. The number of hydrogen-bond acceptors (Lipinski definition) is 0. The van der Waals surface area contributed by atoms with Crippen LogP contribution in [0.1, 0.15) is 53.4 Å². The van der Waals surface area contributed by atoms with Gasteiger partial charge in [0.25, 0.3) is 0 Å². The highest BCUT2D eigenvalue weighted by Crippen LogP contribution is 2.23. The van der Waals surface area contributed by atoms with E-state index >= 15 is 0 Å². The topological polar surface area (TPSA) is 0 Å². The van der Waals surface area contributed by atoms with Crippen molar-refractivity contribution >= 4 is 9.52 Å². The summed E-state index contributed by atoms with van der Waals surface area (Å²) < 4.78 is 0. The van der Waals surface area contributed by atoms with Crippen molar-refractivity contribution in [3.8, 4) is 0 Å². The Kier molecular flexibility index (Phi) is 7.03. The van der Waals surface area contributed by atoms with Crippen LogP contribution in [0.4, 0.5) is 0 Å². The molecule has 0 rings (SSSR count). The Morgan fingerprint density at radius 1 is 0.727 bits per heavy atom. The molecular weight excluding hydrogens is 148 g/mol. The van der Waals surface area contributed by atoms with Crippen LogP contribution < -0.4 is 0 Å². The van der Waals surface area contributed by atoms with Gasteiger partial charge in [0, 0.05) is 9.52 Å². The zero-order valence-corrected chi connectivity index (χ0v) is 10.1. The summed E-state index contributed by atoms with van der Waals surface area (Å²) in [5.41, 5.74) is 2.25.